The maximum atomic E-state index is 10.6. The van der Waals surface area contributed by atoms with Crippen LogP contribution in [0, 0.1) is 0 Å². The lowest BCUT2D eigenvalue weighted by Gasteiger charge is -1.89. The van der Waals surface area contributed by atoms with Crippen LogP contribution in [-0.4, -0.2) is 30.6 Å². The molecule has 0 amide bonds. The molecule has 3 nitrogen and oxygen atoms in total. The van der Waals surface area contributed by atoms with E-state index in [0.29, 0.717) is 5.33 Å². The zero-order valence-electron chi connectivity index (χ0n) is 4.96. The second-order valence-corrected chi connectivity index (χ2v) is 2.42. The highest BCUT2D eigenvalue weighted by molar-refractivity contribution is 9.09. The van der Waals surface area contributed by atoms with Gasteiger partial charge in [0.1, 0.15) is 6.10 Å². The van der Waals surface area contributed by atoms with Crippen LogP contribution in [0.2, 0.25) is 0 Å². The zero-order chi connectivity index (χ0) is 6.85. The molecule has 0 spiro atoms. The minimum Gasteiger partial charge on any atom is -0.467 e. The van der Waals surface area contributed by atoms with E-state index >= 15 is 0 Å². The first kappa shape index (κ1) is 7.02. The maximum Gasteiger partial charge on any atom is 0.337 e. The van der Waals surface area contributed by atoms with Gasteiger partial charge in [-0.05, 0) is 0 Å². The Hall–Kier alpha value is -0.0900. The van der Waals surface area contributed by atoms with Crippen molar-refractivity contribution in [2.75, 3.05) is 12.4 Å². The molecule has 0 aromatic rings. The SMILES string of the molecule is COC(=O)[C@@H]1O[C@@H]1CBr. The summed E-state index contributed by atoms with van der Waals surface area (Å²) in [5.74, 6) is -0.278. The van der Waals surface area contributed by atoms with Crippen molar-refractivity contribution < 1.29 is 14.3 Å². The van der Waals surface area contributed by atoms with Gasteiger partial charge in [0.15, 0.2) is 6.10 Å². The molecule has 1 fully saturated rings. The number of hydrogen-bond acceptors (Lipinski definition) is 3. The molecule has 1 saturated heterocycles. The number of carbonyl (C=O) groups is 1. The normalized spacial score (nSPS) is 31.8. The summed E-state index contributed by atoms with van der Waals surface area (Å²) < 4.78 is 9.32. The highest BCUT2D eigenvalue weighted by Crippen LogP contribution is 2.24. The van der Waals surface area contributed by atoms with Gasteiger partial charge in [0.05, 0.1) is 7.11 Å². The predicted octanol–water partition coefficient (Wildman–Crippen LogP) is 0.322. The van der Waals surface area contributed by atoms with Gasteiger partial charge in [-0.25, -0.2) is 4.79 Å². The van der Waals surface area contributed by atoms with Crippen molar-refractivity contribution >= 4 is 21.9 Å². The van der Waals surface area contributed by atoms with Crippen molar-refractivity contribution in [1.29, 1.82) is 0 Å². The van der Waals surface area contributed by atoms with E-state index in [1.165, 1.54) is 7.11 Å². The van der Waals surface area contributed by atoms with E-state index in [2.05, 4.69) is 20.7 Å². The molecule has 0 saturated carbocycles. The van der Waals surface area contributed by atoms with Gasteiger partial charge in [-0.1, -0.05) is 15.9 Å². The molecule has 0 N–H and O–H groups in total. The summed E-state index contributed by atoms with van der Waals surface area (Å²) in [5.41, 5.74) is 0. The predicted molar refractivity (Wildman–Crippen MR) is 34.5 cm³/mol. The Morgan fingerprint density at radius 1 is 1.89 bits per heavy atom. The van der Waals surface area contributed by atoms with E-state index in [4.69, 9.17) is 4.74 Å². The summed E-state index contributed by atoms with van der Waals surface area (Å²) in [4.78, 5) is 10.6. The lowest BCUT2D eigenvalue weighted by atomic mass is 10.3. The number of epoxide rings is 1. The summed E-state index contributed by atoms with van der Waals surface area (Å²) in [7, 11) is 1.36. The van der Waals surface area contributed by atoms with Crippen LogP contribution in [0.15, 0.2) is 0 Å². The maximum absolute atomic E-state index is 10.6. The number of carbonyl (C=O) groups excluding carboxylic acids is 1. The van der Waals surface area contributed by atoms with Crippen LogP contribution in [-0.2, 0) is 14.3 Å². The number of ether oxygens (including phenoxy) is 2. The third kappa shape index (κ3) is 1.43. The Morgan fingerprint density at radius 2 is 2.56 bits per heavy atom. The highest BCUT2D eigenvalue weighted by atomic mass is 79.9. The molecule has 1 rings (SSSR count). The number of halogens is 1. The molecular formula is C5H7BrO3. The molecule has 2 atom stereocenters. The quantitative estimate of drug-likeness (QED) is 0.362. The van der Waals surface area contributed by atoms with Crippen LogP contribution in [0.25, 0.3) is 0 Å². The molecule has 0 aromatic heterocycles. The fourth-order valence-electron chi connectivity index (χ4n) is 0.584. The first-order chi connectivity index (χ1) is 4.29. The number of esters is 1. The fraction of sp³-hybridized carbons (Fsp3) is 0.800. The van der Waals surface area contributed by atoms with E-state index in [1.54, 1.807) is 0 Å². The van der Waals surface area contributed by atoms with E-state index in [9.17, 15) is 4.79 Å². The highest BCUT2D eigenvalue weighted by Gasteiger charge is 2.44. The van der Waals surface area contributed by atoms with Crippen molar-refractivity contribution in [3.63, 3.8) is 0 Å². The van der Waals surface area contributed by atoms with E-state index in [1.807, 2.05) is 0 Å². The van der Waals surface area contributed by atoms with Gasteiger partial charge in [0, 0.05) is 5.33 Å². The second-order valence-electron chi connectivity index (χ2n) is 1.77. The van der Waals surface area contributed by atoms with Crippen molar-refractivity contribution in [2.24, 2.45) is 0 Å². The van der Waals surface area contributed by atoms with Gasteiger partial charge < -0.3 is 9.47 Å². The molecular weight excluding hydrogens is 188 g/mol. The summed E-state index contributed by atoms with van der Waals surface area (Å²) >= 11 is 3.18. The van der Waals surface area contributed by atoms with Crippen LogP contribution in [0.5, 0.6) is 0 Å². The van der Waals surface area contributed by atoms with Crippen LogP contribution >= 0.6 is 15.9 Å². The average molecular weight is 195 g/mol. The minimum atomic E-state index is -0.311. The monoisotopic (exact) mass is 194 g/mol. The topological polar surface area (TPSA) is 38.8 Å². The summed E-state index contributed by atoms with van der Waals surface area (Å²) in [5, 5.41) is 0.701. The van der Waals surface area contributed by atoms with Gasteiger partial charge in [0.2, 0.25) is 0 Å². The van der Waals surface area contributed by atoms with E-state index in [0.717, 1.165) is 0 Å². The Morgan fingerprint density at radius 3 is 2.89 bits per heavy atom. The Bertz CT molecular complexity index is 125. The Labute approximate surface area is 61.4 Å². The first-order valence-electron chi connectivity index (χ1n) is 2.59. The van der Waals surface area contributed by atoms with Crippen LogP contribution in [0.4, 0.5) is 0 Å². The number of rotatable bonds is 2. The van der Waals surface area contributed by atoms with Crippen molar-refractivity contribution in [3.8, 4) is 0 Å². The summed E-state index contributed by atoms with van der Waals surface area (Å²) in [6.45, 7) is 0. The average Bonchev–Trinajstić information content (AvgIpc) is 2.64. The third-order valence-electron chi connectivity index (χ3n) is 1.17. The molecule has 52 valence electrons. The molecule has 0 unspecified atom stereocenters. The van der Waals surface area contributed by atoms with Crippen molar-refractivity contribution in [1.82, 2.24) is 0 Å². The molecule has 0 bridgehead atoms. The van der Waals surface area contributed by atoms with E-state index < -0.39 is 0 Å². The molecule has 1 heterocycles. The first-order valence-corrected chi connectivity index (χ1v) is 3.71. The number of methoxy groups -OCH3 is 1. The Balaban J connectivity index is 2.25. The zero-order valence-corrected chi connectivity index (χ0v) is 6.55. The summed E-state index contributed by atoms with van der Waals surface area (Å²) in [6, 6.07) is 0. The fourth-order valence-corrected chi connectivity index (χ4v) is 1.08. The number of alkyl halides is 1. The smallest absolute Gasteiger partial charge is 0.337 e. The molecule has 9 heavy (non-hydrogen) atoms. The standard InChI is InChI=1S/C5H7BrO3/c1-8-5(7)4-3(2-6)9-4/h3-4H,2H2,1H3/t3-,4-/m1/s1. The largest absolute Gasteiger partial charge is 0.467 e. The van der Waals surface area contributed by atoms with Gasteiger partial charge in [-0.2, -0.15) is 0 Å². The molecule has 4 heteroatoms. The molecule has 1 aliphatic rings. The molecule has 0 radical (unpaired) electrons. The van der Waals surface area contributed by atoms with Gasteiger partial charge in [0.25, 0.3) is 0 Å². The lowest BCUT2D eigenvalue weighted by Crippen LogP contribution is -2.11. The minimum absolute atomic E-state index is 0.0393. The van der Waals surface area contributed by atoms with Crippen LogP contribution in [0.3, 0.4) is 0 Å². The van der Waals surface area contributed by atoms with Gasteiger partial charge in [-0.3, -0.25) is 0 Å². The Kier molecular flexibility index (Phi) is 2.08. The van der Waals surface area contributed by atoms with Crippen LogP contribution < -0.4 is 0 Å². The van der Waals surface area contributed by atoms with Gasteiger partial charge >= 0.3 is 5.97 Å². The third-order valence-corrected chi connectivity index (χ3v) is 1.81. The van der Waals surface area contributed by atoms with Gasteiger partial charge in [-0.15, -0.1) is 0 Å². The van der Waals surface area contributed by atoms with Crippen molar-refractivity contribution in [3.05, 3.63) is 0 Å². The summed E-state index contributed by atoms with van der Waals surface area (Å²) in [6.07, 6.45) is -0.271. The van der Waals surface area contributed by atoms with Crippen molar-refractivity contribution in [2.45, 2.75) is 12.2 Å². The second kappa shape index (κ2) is 2.66. The molecule has 0 aliphatic carbocycles. The molecule has 0 aromatic carbocycles. The van der Waals surface area contributed by atoms with E-state index in [-0.39, 0.29) is 18.2 Å². The number of hydrogen-bond donors (Lipinski definition) is 0. The lowest BCUT2D eigenvalue weighted by molar-refractivity contribution is -0.142. The van der Waals surface area contributed by atoms with Crippen LogP contribution in [0.1, 0.15) is 0 Å². The molecule has 1 aliphatic heterocycles.